The molecule has 2 aliphatic rings. The Labute approximate surface area is 146 Å². The van der Waals surface area contributed by atoms with Crippen LogP contribution in [0.2, 0.25) is 4.34 Å². The van der Waals surface area contributed by atoms with Gasteiger partial charge < -0.3 is 9.64 Å². The lowest BCUT2D eigenvalue weighted by Gasteiger charge is -2.27. The SMILES string of the molecule is O=C(CN1C(=O)S/C(=C\c2ccc(Cl)s2)C1=O)N1CCOCC1. The molecule has 0 bridgehead atoms. The first-order chi connectivity index (χ1) is 11.0. The van der Waals surface area contributed by atoms with Crippen molar-refractivity contribution in [1.82, 2.24) is 9.80 Å². The summed E-state index contributed by atoms with van der Waals surface area (Å²) >= 11 is 8.02. The molecule has 1 aromatic heterocycles. The van der Waals surface area contributed by atoms with E-state index in [-0.39, 0.29) is 12.5 Å². The largest absolute Gasteiger partial charge is 0.378 e. The number of thiophene rings is 1. The van der Waals surface area contributed by atoms with Gasteiger partial charge in [0, 0.05) is 18.0 Å². The van der Waals surface area contributed by atoms with Gasteiger partial charge in [-0.3, -0.25) is 19.3 Å². The van der Waals surface area contributed by atoms with Gasteiger partial charge in [-0.15, -0.1) is 11.3 Å². The Hall–Kier alpha value is -1.35. The summed E-state index contributed by atoms with van der Waals surface area (Å²) in [5.74, 6) is -0.679. The second-order valence-electron chi connectivity index (χ2n) is 4.90. The van der Waals surface area contributed by atoms with Gasteiger partial charge in [0.15, 0.2) is 0 Å². The summed E-state index contributed by atoms with van der Waals surface area (Å²) in [5, 5.41) is -0.425. The second-order valence-corrected chi connectivity index (χ2v) is 7.64. The van der Waals surface area contributed by atoms with E-state index in [0.717, 1.165) is 21.5 Å². The fourth-order valence-electron chi connectivity index (χ4n) is 2.22. The van der Waals surface area contributed by atoms with Crippen molar-refractivity contribution in [3.05, 3.63) is 26.3 Å². The van der Waals surface area contributed by atoms with Crippen LogP contribution >= 0.6 is 34.7 Å². The lowest BCUT2D eigenvalue weighted by molar-refractivity contribution is -0.139. The molecule has 0 unspecified atom stereocenters. The van der Waals surface area contributed by atoms with Crippen molar-refractivity contribution >= 4 is 57.8 Å². The van der Waals surface area contributed by atoms with Gasteiger partial charge in [-0.05, 0) is 30.0 Å². The molecule has 3 amide bonds. The molecule has 122 valence electrons. The molecule has 0 saturated carbocycles. The monoisotopic (exact) mass is 372 g/mol. The number of rotatable bonds is 3. The van der Waals surface area contributed by atoms with Crippen LogP contribution in [-0.2, 0) is 14.3 Å². The van der Waals surface area contributed by atoms with Crippen LogP contribution in [0.1, 0.15) is 4.88 Å². The summed E-state index contributed by atoms with van der Waals surface area (Å²) in [6.45, 7) is 1.70. The number of hydrogen-bond acceptors (Lipinski definition) is 6. The van der Waals surface area contributed by atoms with Gasteiger partial charge in [-0.2, -0.15) is 0 Å². The third-order valence-corrected chi connectivity index (χ3v) is 5.48. The number of carbonyl (C=O) groups excluding carboxylic acids is 3. The molecule has 1 aromatic rings. The molecule has 0 spiro atoms. The summed E-state index contributed by atoms with van der Waals surface area (Å²) in [6, 6.07) is 3.50. The molecule has 0 atom stereocenters. The van der Waals surface area contributed by atoms with E-state index in [2.05, 4.69) is 0 Å². The standard InChI is InChI=1S/C14H13ClN2O4S2/c15-11-2-1-9(22-11)7-10-13(19)17(14(20)23-10)8-12(18)16-3-5-21-6-4-16/h1-2,7H,3-6,8H2/b10-7-. The number of thioether (sulfide) groups is 1. The molecule has 0 N–H and O–H groups in total. The topological polar surface area (TPSA) is 66.9 Å². The lowest BCUT2D eigenvalue weighted by Crippen LogP contribution is -2.46. The van der Waals surface area contributed by atoms with Gasteiger partial charge in [0.1, 0.15) is 6.54 Å². The minimum absolute atomic E-state index is 0.229. The Balaban J connectivity index is 1.68. The molecule has 3 heterocycles. The highest BCUT2D eigenvalue weighted by atomic mass is 35.5. The molecule has 0 radical (unpaired) electrons. The minimum Gasteiger partial charge on any atom is -0.378 e. The van der Waals surface area contributed by atoms with Crippen LogP contribution in [0.4, 0.5) is 4.79 Å². The maximum atomic E-state index is 12.3. The highest BCUT2D eigenvalue weighted by Gasteiger charge is 2.37. The first kappa shape index (κ1) is 16.5. The average molecular weight is 373 g/mol. The van der Waals surface area contributed by atoms with Gasteiger partial charge in [0.05, 0.1) is 22.5 Å². The van der Waals surface area contributed by atoms with Crippen LogP contribution in [0.15, 0.2) is 17.0 Å². The fraction of sp³-hybridized carbons (Fsp3) is 0.357. The maximum Gasteiger partial charge on any atom is 0.294 e. The normalized spacial score (nSPS) is 20.7. The van der Waals surface area contributed by atoms with E-state index in [4.69, 9.17) is 16.3 Å². The van der Waals surface area contributed by atoms with Crippen LogP contribution in [0.3, 0.4) is 0 Å². The van der Waals surface area contributed by atoms with Crippen molar-refractivity contribution in [3.63, 3.8) is 0 Å². The number of morpholine rings is 1. The summed E-state index contributed by atoms with van der Waals surface area (Å²) < 4.78 is 5.79. The molecule has 23 heavy (non-hydrogen) atoms. The molecule has 2 saturated heterocycles. The van der Waals surface area contributed by atoms with Crippen molar-refractivity contribution in [2.45, 2.75) is 0 Å². The lowest BCUT2D eigenvalue weighted by atomic mass is 10.3. The van der Waals surface area contributed by atoms with E-state index in [1.807, 2.05) is 0 Å². The van der Waals surface area contributed by atoms with Crippen LogP contribution in [0, 0.1) is 0 Å². The highest BCUT2D eigenvalue weighted by molar-refractivity contribution is 8.18. The Morgan fingerprint density at radius 2 is 2.04 bits per heavy atom. The number of halogens is 1. The van der Waals surface area contributed by atoms with Crippen LogP contribution < -0.4 is 0 Å². The molecular weight excluding hydrogens is 360 g/mol. The Bertz CT molecular complexity index is 682. The van der Waals surface area contributed by atoms with E-state index in [1.165, 1.54) is 11.3 Å². The van der Waals surface area contributed by atoms with E-state index in [0.29, 0.717) is 35.5 Å². The van der Waals surface area contributed by atoms with Crippen LogP contribution in [0.5, 0.6) is 0 Å². The van der Waals surface area contributed by atoms with E-state index in [9.17, 15) is 14.4 Å². The quantitative estimate of drug-likeness (QED) is 0.761. The van der Waals surface area contributed by atoms with E-state index in [1.54, 1.807) is 23.1 Å². The first-order valence-corrected chi connectivity index (χ1v) is 8.92. The van der Waals surface area contributed by atoms with Crippen molar-refractivity contribution in [1.29, 1.82) is 0 Å². The summed E-state index contributed by atoms with van der Waals surface area (Å²) in [4.78, 5) is 40.2. The van der Waals surface area contributed by atoms with Crippen molar-refractivity contribution < 1.29 is 19.1 Å². The predicted molar refractivity (Wildman–Crippen MR) is 89.4 cm³/mol. The van der Waals surface area contributed by atoms with Gasteiger partial charge in [0.2, 0.25) is 5.91 Å². The highest BCUT2D eigenvalue weighted by Crippen LogP contribution is 2.34. The number of ether oxygens (including phenoxy) is 1. The molecule has 2 fully saturated rings. The number of amides is 3. The van der Waals surface area contributed by atoms with Gasteiger partial charge in [-0.25, -0.2) is 0 Å². The number of imide groups is 1. The molecular formula is C14H13ClN2O4S2. The zero-order valence-electron chi connectivity index (χ0n) is 12.0. The molecule has 9 heteroatoms. The van der Waals surface area contributed by atoms with E-state index >= 15 is 0 Å². The summed E-state index contributed by atoms with van der Waals surface area (Å²) in [6.07, 6.45) is 1.63. The number of hydrogen-bond donors (Lipinski definition) is 0. The molecule has 0 aromatic carbocycles. The summed E-state index contributed by atoms with van der Waals surface area (Å²) in [5.41, 5.74) is 0. The Morgan fingerprint density at radius 3 is 2.70 bits per heavy atom. The van der Waals surface area contributed by atoms with Gasteiger partial charge in [0.25, 0.3) is 11.1 Å². The Morgan fingerprint density at radius 1 is 1.30 bits per heavy atom. The Kier molecular flexibility index (Phi) is 5.05. The van der Waals surface area contributed by atoms with Crippen molar-refractivity contribution in [3.8, 4) is 0 Å². The summed E-state index contributed by atoms with van der Waals surface area (Å²) in [7, 11) is 0. The third kappa shape index (κ3) is 3.77. The minimum atomic E-state index is -0.439. The molecule has 6 nitrogen and oxygen atoms in total. The smallest absolute Gasteiger partial charge is 0.294 e. The maximum absolute atomic E-state index is 12.3. The zero-order chi connectivity index (χ0) is 16.4. The zero-order valence-corrected chi connectivity index (χ0v) is 14.4. The number of nitrogens with zero attached hydrogens (tertiary/aromatic N) is 2. The molecule has 3 rings (SSSR count). The first-order valence-electron chi connectivity index (χ1n) is 6.91. The number of carbonyl (C=O) groups is 3. The van der Waals surface area contributed by atoms with Crippen molar-refractivity contribution in [2.24, 2.45) is 0 Å². The second kappa shape index (κ2) is 7.04. The van der Waals surface area contributed by atoms with Crippen molar-refractivity contribution in [2.75, 3.05) is 32.8 Å². The third-order valence-electron chi connectivity index (χ3n) is 3.40. The predicted octanol–water partition coefficient (Wildman–Crippen LogP) is 2.30. The van der Waals surface area contributed by atoms with Gasteiger partial charge >= 0.3 is 0 Å². The fourth-order valence-corrected chi connectivity index (χ4v) is 4.13. The van der Waals surface area contributed by atoms with Crippen LogP contribution in [0.25, 0.3) is 6.08 Å². The average Bonchev–Trinajstić information content (AvgIpc) is 3.07. The van der Waals surface area contributed by atoms with E-state index < -0.39 is 11.1 Å². The van der Waals surface area contributed by atoms with Crippen LogP contribution in [-0.4, -0.2) is 59.7 Å². The molecule has 0 aliphatic carbocycles. The van der Waals surface area contributed by atoms with Gasteiger partial charge in [-0.1, -0.05) is 11.6 Å². The molecule has 2 aliphatic heterocycles.